The Morgan fingerprint density at radius 1 is 0.979 bits per heavy atom. The van der Waals surface area contributed by atoms with Crippen LogP contribution in [0.4, 0.5) is 18.9 Å². The molecule has 2 aliphatic rings. The summed E-state index contributed by atoms with van der Waals surface area (Å²) in [6.07, 6.45) is 6.67. The molecule has 1 fully saturated rings. The number of benzene rings is 3. The smallest absolute Gasteiger partial charge is 0.276 e. The van der Waals surface area contributed by atoms with E-state index < -0.39 is 35.3 Å². The summed E-state index contributed by atoms with van der Waals surface area (Å²) in [5.41, 5.74) is 8.30. The van der Waals surface area contributed by atoms with Crippen molar-refractivity contribution in [3.05, 3.63) is 119 Å². The van der Waals surface area contributed by atoms with Crippen LogP contribution in [0.5, 0.6) is 0 Å². The van der Waals surface area contributed by atoms with Gasteiger partial charge in [0.1, 0.15) is 17.5 Å². The van der Waals surface area contributed by atoms with Crippen molar-refractivity contribution in [2.75, 3.05) is 24.2 Å². The van der Waals surface area contributed by atoms with Crippen LogP contribution in [0, 0.1) is 17.5 Å². The molecular weight excluding hydrogens is 641 g/mol. The van der Waals surface area contributed by atoms with Crippen LogP contribution in [0.2, 0.25) is 0 Å². The fourth-order valence-corrected chi connectivity index (χ4v) is 6.60. The number of nitrogens with two attached hydrogens (primary N) is 1. The lowest BCUT2D eigenvalue weighted by molar-refractivity contribution is -0.117. The number of hydrogen-bond acceptors (Lipinski definition) is 9. The monoisotopic (exact) mass is 676 g/mol. The second-order valence-corrected chi connectivity index (χ2v) is 12.6. The van der Waals surface area contributed by atoms with Gasteiger partial charge in [-0.2, -0.15) is 0 Å². The summed E-state index contributed by atoms with van der Waals surface area (Å²) in [6, 6.07) is 14.6. The van der Waals surface area contributed by atoms with E-state index in [1.165, 1.54) is 72.4 Å². The molecule has 6 rings (SSSR count). The molecule has 48 heavy (non-hydrogen) atoms. The van der Waals surface area contributed by atoms with Crippen LogP contribution in [0.25, 0.3) is 0 Å². The maximum absolute atomic E-state index is 15.2. The highest BCUT2D eigenvalue weighted by molar-refractivity contribution is 7.99. The Labute approximate surface area is 280 Å². The lowest BCUT2D eigenvalue weighted by atomic mass is 9.85. The van der Waals surface area contributed by atoms with Crippen molar-refractivity contribution in [2.45, 2.75) is 54.6 Å². The second kappa shape index (κ2) is 15.7. The first-order chi connectivity index (χ1) is 23.3. The van der Waals surface area contributed by atoms with Crippen molar-refractivity contribution in [2.24, 2.45) is 10.7 Å². The highest BCUT2D eigenvalue weighted by atomic mass is 32.2. The van der Waals surface area contributed by atoms with Crippen LogP contribution in [0.1, 0.15) is 47.3 Å². The molecule has 0 spiro atoms. The summed E-state index contributed by atoms with van der Waals surface area (Å²) in [5.74, 6) is -1.45. The van der Waals surface area contributed by atoms with Crippen LogP contribution in [-0.4, -0.2) is 59.4 Å². The van der Waals surface area contributed by atoms with E-state index in [9.17, 15) is 13.6 Å². The number of hydrogen-bond donors (Lipinski definition) is 3. The van der Waals surface area contributed by atoms with E-state index >= 15 is 4.39 Å². The Morgan fingerprint density at radius 2 is 1.69 bits per heavy atom. The number of nitrogens with zero attached hydrogens (tertiary/aromatic N) is 3. The van der Waals surface area contributed by atoms with Gasteiger partial charge in [-0.3, -0.25) is 9.79 Å². The minimum Gasteiger partial charge on any atom is -0.415 e. The first kappa shape index (κ1) is 33.6. The molecule has 0 bridgehead atoms. The second-order valence-electron chi connectivity index (χ2n) is 11.7. The topological polar surface area (TPSA) is 128 Å². The van der Waals surface area contributed by atoms with E-state index in [0.29, 0.717) is 71.6 Å². The first-order valence-corrected chi connectivity index (χ1v) is 16.7. The van der Waals surface area contributed by atoms with Gasteiger partial charge < -0.3 is 25.5 Å². The largest absolute Gasteiger partial charge is 0.415 e. The maximum atomic E-state index is 15.2. The van der Waals surface area contributed by atoms with Gasteiger partial charge in [-0.15, -0.1) is 10.2 Å². The molecule has 1 amide bonds. The van der Waals surface area contributed by atoms with Crippen molar-refractivity contribution in [3.8, 4) is 0 Å². The van der Waals surface area contributed by atoms with Gasteiger partial charge in [-0.05, 0) is 66.8 Å². The number of carbonyl (C=O) groups is 1. The number of rotatable bonds is 12. The minimum atomic E-state index is -1.15. The molecule has 3 heterocycles. The molecule has 2 aliphatic heterocycles. The van der Waals surface area contributed by atoms with Crippen molar-refractivity contribution < 1.29 is 27.1 Å². The number of morpholine rings is 1. The van der Waals surface area contributed by atoms with E-state index in [-0.39, 0.29) is 18.1 Å². The lowest BCUT2D eigenvalue weighted by Gasteiger charge is -2.31. The average molecular weight is 677 g/mol. The first-order valence-electron chi connectivity index (χ1n) is 15.7. The summed E-state index contributed by atoms with van der Waals surface area (Å²) in [6.45, 7) is 1.24. The Balaban J connectivity index is 1.07. The predicted octanol–water partition coefficient (Wildman–Crippen LogP) is 5.74. The maximum Gasteiger partial charge on any atom is 0.276 e. The number of aromatic nitrogens is 2. The van der Waals surface area contributed by atoms with Gasteiger partial charge in [0.05, 0.1) is 24.2 Å². The summed E-state index contributed by atoms with van der Waals surface area (Å²) >= 11 is 1.42. The van der Waals surface area contributed by atoms with Crippen LogP contribution in [-0.2, 0) is 16.0 Å². The summed E-state index contributed by atoms with van der Waals surface area (Å²) in [7, 11) is 0. The predicted molar refractivity (Wildman–Crippen MR) is 178 cm³/mol. The van der Waals surface area contributed by atoms with Crippen LogP contribution in [0.3, 0.4) is 0 Å². The summed E-state index contributed by atoms with van der Waals surface area (Å²) < 4.78 is 54.8. The normalized spacial score (nSPS) is 19.8. The fraction of sp³-hybridized carbons (Fsp3) is 0.314. The molecule has 4 aromatic rings. The molecule has 4 N–H and O–H groups in total. The van der Waals surface area contributed by atoms with Crippen molar-refractivity contribution in [1.82, 2.24) is 15.5 Å². The standard InChI is InChI=1S/C35H35F3N6O3S/c36-24-8-4-21(5-9-24)31(22-6-10-25(37)11-7-22)32(39)33(45)42-30-3-1-2-29(38)28(30)13-12-26-18-41-19-27(46-26)20-48-35-44-43-34(47-35)23-14-16-40-17-15-23/h1-11,14,16-17,23,26-27,31-32,41H,12-13,15,18-20,39H2,(H,42,45)/t23?,26-,27+,32+/m1/s1. The molecule has 1 aromatic heterocycles. The molecule has 0 aliphatic carbocycles. The third-order valence-electron chi connectivity index (χ3n) is 8.34. The van der Waals surface area contributed by atoms with Gasteiger partial charge in [0.15, 0.2) is 0 Å². The van der Waals surface area contributed by atoms with Gasteiger partial charge in [-0.25, -0.2) is 13.2 Å². The molecule has 250 valence electrons. The molecule has 13 heteroatoms. The summed E-state index contributed by atoms with van der Waals surface area (Å²) in [5, 5.41) is 15.0. The Morgan fingerprint density at radius 3 is 2.38 bits per heavy atom. The number of nitrogens with one attached hydrogen (secondary N) is 2. The molecular formula is C35H35F3N6O3S. The Bertz CT molecular complexity index is 1710. The number of allylic oxidation sites excluding steroid dienone is 1. The van der Waals surface area contributed by atoms with Gasteiger partial charge in [0.25, 0.3) is 5.22 Å². The van der Waals surface area contributed by atoms with E-state index in [2.05, 4.69) is 25.8 Å². The molecule has 4 atom stereocenters. The van der Waals surface area contributed by atoms with E-state index in [1.54, 1.807) is 12.3 Å². The van der Waals surface area contributed by atoms with E-state index in [0.717, 1.165) is 0 Å². The van der Waals surface area contributed by atoms with Crippen LogP contribution >= 0.6 is 11.8 Å². The third kappa shape index (κ3) is 8.40. The van der Waals surface area contributed by atoms with Crippen molar-refractivity contribution >= 4 is 29.6 Å². The zero-order chi connectivity index (χ0) is 33.5. The van der Waals surface area contributed by atoms with E-state index in [4.69, 9.17) is 14.9 Å². The third-order valence-corrected chi connectivity index (χ3v) is 9.29. The quantitative estimate of drug-likeness (QED) is 0.162. The van der Waals surface area contributed by atoms with Gasteiger partial charge in [-0.1, -0.05) is 48.2 Å². The number of halogens is 3. The number of anilines is 1. The zero-order valence-corrected chi connectivity index (χ0v) is 26.7. The lowest BCUT2D eigenvalue weighted by Crippen LogP contribution is -2.46. The zero-order valence-electron chi connectivity index (χ0n) is 25.9. The Kier molecular flexibility index (Phi) is 11.0. The van der Waals surface area contributed by atoms with Crippen molar-refractivity contribution in [1.29, 1.82) is 0 Å². The fourth-order valence-electron chi connectivity index (χ4n) is 5.84. The Hall–Kier alpha value is -4.30. The average Bonchev–Trinajstić information content (AvgIpc) is 3.59. The molecule has 1 unspecified atom stereocenters. The van der Waals surface area contributed by atoms with Crippen LogP contribution in [0.15, 0.2) is 93.6 Å². The highest BCUT2D eigenvalue weighted by Crippen LogP contribution is 2.30. The van der Waals surface area contributed by atoms with E-state index in [1.807, 2.05) is 12.3 Å². The summed E-state index contributed by atoms with van der Waals surface area (Å²) in [4.78, 5) is 17.6. The molecule has 3 aromatic carbocycles. The molecule has 9 nitrogen and oxygen atoms in total. The van der Waals surface area contributed by atoms with Crippen molar-refractivity contribution in [3.63, 3.8) is 0 Å². The van der Waals surface area contributed by atoms with Gasteiger partial charge >= 0.3 is 0 Å². The number of carbonyl (C=O) groups excluding carboxylic acids is 1. The van der Waals surface area contributed by atoms with Gasteiger partial charge in [0, 0.05) is 48.4 Å². The number of thioether (sulfide) groups is 1. The molecule has 1 saturated heterocycles. The number of amides is 1. The molecule has 0 radical (unpaired) electrons. The number of aliphatic imine (C=N–C) groups is 1. The SMILES string of the molecule is N[C@H](C(=O)Nc1cccc(F)c1CC[C@@H]1CNC[C@@H](CSc2nnc(C3C=CN=CC3)o2)O1)C(c1ccc(F)cc1)c1ccc(F)cc1. The van der Waals surface area contributed by atoms with Crippen LogP contribution < -0.4 is 16.4 Å². The minimum absolute atomic E-state index is 0.0242. The molecule has 0 saturated carbocycles. The number of ether oxygens (including phenoxy) is 1. The highest BCUT2D eigenvalue weighted by Gasteiger charge is 2.29. The van der Waals surface area contributed by atoms with Gasteiger partial charge in [0.2, 0.25) is 11.8 Å².